The zero-order valence-electron chi connectivity index (χ0n) is 12.5. The molecule has 1 aromatic heterocycles. The third-order valence-electron chi connectivity index (χ3n) is 2.93. The van der Waals surface area contributed by atoms with Gasteiger partial charge in [0, 0.05) is 12.3 Å². The molecular formula is C15H17NO5S2. The monoisotopic (exact) mass is 355 g/mol. The van der Waals surface area contributed by atoms with Gasteiger partial charge in [-0.05, 0) is 30.3 Å². The molecule has 1 aromatic carbocycles. The number of methoxy groups -OCH3 is 1. The number of sulfonamides is 1. The van der Waals surface area contributed by atoms with Crippen molar-refractivity contribution in [3.05, 3.63) is 54.0 Å². The SMILES string of the molecule is COC(=O)c1cccc(S(=O)(=O)NCCSCc2ccco2)c1. The predicted molar refractivity (Wildman–Crippen MR) is 87.8 cm³/mol. The van der Waals surface area contributed by atoms with Gasteiger partial charge in [0.2, 0.25) is 10.0 Å². The van der Waals surface area contributed by atoms with Gasteiger partial charge < -0.3 is 9.15 Å². The molecule has 0 unspecified atom stereocenters. The number of thioether (sulfide) groups is 1. The van der Waals surface area contributed by atoms with Crippen LogP contribution in [0.5, 0.6) is 0 Å². The summed E-state index contributed by atoms with van der Waals surface area (Å²) in [4.78, 5) is 11.5. The van der Waals surface area contributed by atoms with Gasteiger partial charge in [0.15, 0.2) is 0 Å². The van der Waals surface area contributed by atoms with Crippen molar-refractivity contribution < 1.29 is 22.4 Å². The number of nitrogens with one attached hydrogen (secondary N) is 1. The molecule has 6 nitrogen and oxygen atoms in total. The van der Waals surface area contributed by atoms with Crippen LogP contribution in [0.1, 0.15) is 16.1 Å². The molecule has 2 aromatic rings. The number of benzene rings is 1. The van der Waals surface area contributed by atoms with Gasteiger partial charge in [0.1, 0.15) is 5.76 Å². The molecule has 0 bridgehead atoms. The van der Waals surface area contributed by atoms with Gasteiger partial charge in [-0.2, -0.15) is 11.8 Å². The average Bonchev–Trinajstić information content (AvgIpc) is 3.07. The summed E-state index contributed by atoms with van der Waals surface area (Å²) >= 11 is 1.56. The van der Waals surface area contributed by atoms with E-state index in [9.17, 15) is 13.2 Å². The summed E-state index contributed by atoms with van der Waals surface area (Å²) < 4.78 is 36.7. The number of rotatable bonds is 8. The Labute approximate surface area is 139 Å². The highest BCUT2D eigenvalue weighted by Crippen LogP contribution is 2.14. The third kappa shape index (κ3) is 5.12. The van der Waals surface area contributed by atoms with Gasteiger partial charge in [0.05, 0.1) is 29.6 Å². The lowest BCUT2D eigenvalue weighted by Gasteiger charge is -2.07. The zero-order chi connectivity index (χ0) is 16.7. The van der Waals surface area contributed by atoms with E-state index in [2.05, 4.69) is 9.46 Å². The van der Waals surface area contributed by atoms with Crippen LogP contribution in [0.4, 0.5) is 0 Å². The van der Waals surface area contributed by atoms with Crippen LogP contribution in [0.15, 0.2) is 52.0 Å². The Hall–Kier alpha value is -1.77. The van der Waals surface area contributed by atoms with Crippen molar-refractivity contribution in [3.63, 3.8) is 0 Å². The van der Waals surface area contributed by atoms with Crippen molar-refractivity contribution in [2.45, 2.75) is 10.6 Å². The normalized spacial score (nSPS) is 11.3. The number of furan rings is 1. The van der Waals surface area contributed by atoms with Crippen LogP contribution in [-0.4, -0.2) is 33.8 Å². The molecule has 0 spiro atoms. The summed E-state index contributed by atoms with van der Waals surface area (Å²) in [7, 11) is -2.41. The Morgan fingerprint density at radius 2 is 2.13 bits per heavy atom. The average molecular weight is 355 g/mol. The van der Waals surface area contributed by atoms with Gasteiger partial charge in [-0.25, -0.2) is 17.9 Å². The molecule has 1 heterocycles. The van der Waals surface area contributed by atoms with Crippen LogP contribution < -0.4 is 4.72 Å². The Morgan fingerprint density at radius 3 is 2.83 bits per heavy atom. The van der Waals surface area contributed by atoms with Crippen molar-refractivity contribution in [2.75, 3.05) is 19.4 Å². The van der Waals surface area contributed by atoms with Crippen molar-refractivity contribution in [1.82, 2.24) is 4.72 Å². The van der Waals surface area contributed by atoms with E-state index in [1.165, 1.54) is 31.4 Å². The number of hydrogen-bond donors (Lipinski definition) is 1. The minimum absolute atomic E-state index is 0.0384. The standard InChI is InChI=1S/C15H17NO5S2/c1-20-15(17)12-4-2-6-14(10-12)23(18,19)16-7-9-22-11-13-5-3-8-21-13/h2-6,8,10,16H,7,9,11H2,1H3. The van der Waals surface area contributed by atoms with Gasteiger partial charge in [0.25, 0.3) is 0 Å². The van der Waals surface area contributed by atoms with E-state index in [0.717, 1.165) is 5.76 Å². The van der Waals surface area contributed by atoms with E-state index < -0.39 is 16.0 Å². The minimum atomic E-state index is -3.65. The lowest BCUT2D eigenvalue weighted by molar-refractivity contribution is 0.0600. The molecule has 0 radical (unpaired) electrons. The fourth-order valence-corrected chi connectivity index (χ4v) is 3.77. The molecule has 8 heteroatoms. The Bertz CT molecular complexity index is 741. The highest BCUT2D eigenvalue weighted by atomic mass is 32.2. The lowest BCUT2D eigenvalue weighted by Crippen LogP contribution is -2.26. The Kier molecular flexibility index (Phi) is 6.26. The second kappa shape index (κ2) is 8.19. The smallest absolute Gasteiger partial charge is 0.337 e. The van der Waals surface area contributed by atoms with Crippen molar-refractivity contribution >= 4 is 27.8 Å². The largest absolute Gasteiger partial charge is 0.468 e. The number of carbonyl (C=O) groups excluding carboxylic acids is 1. The molecule has 0 amide bonds. The van der Waals surface area contributed by atoms with E-state index in [4.69, 9.17) is 4.42 Å². The maximum absolute atomic E-state index is 12.2. The fourth-order valence-electron chi connectivity index (χ4n) is 1.81. The maximum atomic E-state index is 12.2. The van der Waals surface area contributed by atoms with Crippen molar-refractivity contribution in [2.24, 2.45) is 0 Å². The molecule has 0 saturated heterocycles. The van der Waals surface area contributed by atoms with Crippen LogP contribution in [0.2, 0.25) is 0 Å². The molecule has 0 saturated carbocycles. The maximum Gasteiger partial charge on any atom is 0.337 e. The lowest BCUT2D eigenvalue weighted by atomic mass is 10.2. The molecule has 0 fully saturated rings. The number of carbonyl (C=O) groups is 1. The first kappa shape index (κ1) is 17.6. The second-order valence-electron chi connectivity index (χ2n) is 4.55. The van der Waals surface area contributed by atoms with E-state index in [1.807, 2.05) is 12.1 Å². The summed E-state index contributed by atoms with van der Waals surface area (Å²) in [6.07, 6.45) is 1.60. The quantitative estimate of drug-likeness (QED) is 0.577. The summed E-state index contributed by atoms with van der Waals surface area (Å²) in [6, 6.07) is 9.42. The molecule has 0 aliphatic carbocycles. The molecule has 0 aliphatic heterocycles. The van der Waals surface area contributed by atoms with Crippen LogP contribution in [0, 0.1) is 0 Å². The third-order valence-corrected chi connectivity index (χ3v) is 5.37. The van der Waals surface area contributed by atoms with Crippen LogP contribution in [0.25, 0.3) is 0 Å². The second-order valence-corrected chi connectivity index (χ2v) is 7.42. The minimum Gasteiger partial charge on any atom is -0.468 e. The number of ether oxygens (including phenoxy) is 1. The molecule has 0 aliphatic rings. The highest BCUT2D eigenvalue weighted by Gasteiger charge is 2.16. The van der Waals surface area contributed by atoms with Gasteiger partial charge >= 0.3 is 5.97 Å². The summed E-state index contributed by atoms with van der Waals surface area (Å²) in [5, 5.41) is 0. The summed E-state index contributed by atoms with van der Waals surface area (Å²) in [5.74, 6) is 1.57. The topological polar surface area (TPSA) is 85.6 Å². The van der Waals surface area contributed by atoms with Crippen molar-refractivity contribution in [3.8, 4) is 0 Å². The molecule has 0 atom stereocenters. The first-order valence-corrected chi connectivity index (χ1v) is 9.45. The Balaban J connectivity index is 1.87. The molecule has 124 valence electrons. The summed E-state index contributed by atoms with van der Waals surface area (Å²) in [6.45, 7) is 0.288. The van der Waals surface area contributed by atoms with E-state index in [0.29, 0.717) is 11.5 Å². The van der Waals surface area contributed by atoms with Gasteiger partial charge in [-0.3, -0.25) is 0 Å². The predicted octanol–water partition coefficient (Wildman–Crippen LogP) is 2.28. The molecule has 23 heavy (non-hydrogen) atoms. The Morgan fingerprint density at radius 1 is 1.30 bits per heavy atom. The van der Waals surface area contributed by atoms with E-state index in [-0.39, 0.29) is 17.0 Å². The van der Waals surface area contributed by atoms with Crippen LogP contribution >= 0.6 is 11.8 Å². The van der Waals surface area contributed by atoms with Crippen molar-refractivity contribution in [1.29, 1.82) is 0 Å². The van der Waals surface area contributed by atoms with Gasteiger partial charge in [-0.1, -0.05) is 6.07 Å². The number of esters is 1. The molecule has 1 N–H and O–H groups in total. The summed E-state index contributed by atoms with van der Waals surface area (Å²) in [5.41, 5.74) is 0.197. The zero-order valence-corrected chi connectivity index (χ0v) is 14.2. The highest BCUT2D eigenvalue weighted by molar-refractivity contribution is 7.98. The molecular weight excluding hydrogens is 338 g/mol. The van der Waals surface area contributed by atoms with E-state index >= 15 is 0 Å². The fraction of sp³-hybridized carbons (Fsp3) is 0.267. The number of hydrogen-bond acceptors (Lipinski definition) is 6. The first-order chi connectivity index (χ1) is 11.0. The van der Waals surface area contributed by atoms with Crippen LogP contribution in [0.3, 0.4) is 0 Å². The van der Waals surface area contributed by atoms with Crippen LogP contribution in [-0.2, 0) is 20.5 Å². The van der Waals surface area contributed by atoms with E-state index in [1.54, 1.807) is 18.0 Å². The molecule has 2 rings (SSSR count). The first-order valence-electron chi connectivity index (χ1n) is 6.81. The van der Waals surface area contributed by atoms with Gasteiger partial charge in [-0.15, -0.1) is 0 Å².